The van der Waals surface area contributed by atoms with Crippen molar-refractivity contribution in [2.75, 3.05) is 0 Å². The highest BCUT2D eigenvalue weighted by molar-refractivity contribution is 9.10. The van der Waals surface area contributed by atoms with Crippen LogP contribution in [0.2, 0.25) is 0 Å². The van der Waals surface area contributed by atoms with Crippen molar-refractivity contribution in [3.8, 4) is 0 Å². The van der Waals surface area contributed by atoms with Crippen molar-refractivity contribution < 1.29 is 0 Å². The fourth-order valence-corrected chi connectivity index (χ4v) is 2.63. The highest BCUT2D eigenvalue weighted by Crippen LogP contribution is 2.18. The van der Waals surface area contributed by atoms with Crippen LogP contribution in [0.5, 0.6) is 0 Å². The van der Waals surface area contributed by atoms with Crippen LogP contribution in [0.15, 0.2) is 34.2 Å². The van der Waals surface area contributed by atoms with Gasteiger partial charge in [0.2, 0.25) is 0 Å². The van der Waals surface area contributed by atoms with Gasteiger partial charge in [0.1, 0.15) is 5.82 Å². The lowest BCUT2D eigenvalue weighted by molar-refractivity contribution is 1.05. The molecule has 1 N–H and O–H groups in total. The lowest BCUT2D eigenvalue weighted by Crippen LogP contribution is -1.86. The smallest absolute Gasteiger partial charge is 0.177 e. The molecule has 3 rings (SSSR count). The quantitative estimate of drug-likeness (QED) is 0.787. The van der Waals surface area contributed by atoms with Gasteiger partial charge in [-0.1, -0.05) is 6.07 Å². The highest BCUT2D eigenvalue weighted by atomic mass is 79.9. The monoisotopic (exact) mass is 293 g/mol. The van der Waals surface area contributed by atoms with E-state index in [2.05, 4.69) is 48.4 Å². The minimum Gasteiger partial charge on any atom is -0.340 e. The number of nitrogens with zero attached hydrogens (tertiary/aromatic N) is 2. The maximum Gasteiger partial charge on any atom is 0.177 e. The van der Waals surface area contributed by atoms with Crippen molar-refractivity contribution in [3.05, 3.63) is 45.0 Å². The van der Waals surface area contributed by atoms with E-state index in [1.54, 1.807) is 17.5 Å². The predicted octanol–water partition coefficient (Wildman–Crippen LogP) is 3.37. The Morgan fingerprint density at radius 1 is 1.44 bits per heavy atom. The number of aromatic amines is 1. The van der Waals surface area contributed by atoms with Crippen LogP contribution in [-0.2, 0) is 6.42 Å². The lowest BCUT2D eigenvalue weighted by atomic mass is 10.3. The fraction of sp³-hybridized carbons (Fsp3) is 0.0909. The molecular formula is C11H8BrN3S. The van der Waals surface area contributed by atoms with Gasteiger partial charge in [-0.25, -0.2) is 9.97 Å². The lowest BCUT2D eigenvalue weighted by Gasteiger charge is -1.90. The Morgan fingerprint density at radius 2 is 2.38 bits per heavy atom. The number of hydrogen-bond acceptors (Lipinski definition) is 3. The highest BCUT2D eigenvalue weighted by Gasteiger charge is 2.05. The second-order valence-electron chi connectivity index (χ2n) is 3.46. The van der Waals surface area contributed by atoms with Crippen molar-refractivity contribution in [2.24, 2.45) is 0 Å². The topological polar surface area (TPSA) is 41.6 Å². The van der Waals surface area contributed by atoms with E-state index in [1.165, 1.54) is 4.88 Å². The number of thiophene rings is 1. The minimum absolute atomic E-state index is 0.773. The average Bonchev–Trinajstić information content (AvgIpc) is 2.86. The van der Waals surface area contributed by atoms with Crippen LogP contribution in [0.1, 0.15) is 10.7 Å². The standard InChI is InChI=1S/C11H8BrN3S/c12-7-4-9-11(13-6-7)15-10(14-9)5-8-2-1-3-16-8/h1-4,6H,5H2,(H,13,14,15). The second kappa shape index (κ2) is 3.99. The summed E-state index contributed by atoms with van der Waals surface area (Å²) in [5.74, 6) is 0.961. The molecule has 0 aliphatic heterocycles. The summed E-state index contributed by atoms with van der Waals surface area (Å²) in [6.07, 6.45) is 2.60. The number of nitrogens with one attached hydrogen (secondary N) is 1. The van der Waals surface area contributed by atoms with Gasteiger partial charge in [-0.05, 0) is 33.4 Å². The molecule has 3 heterocycles. The molecule has 0 atom stereocenters. The van der Waals surface area contributed by atoms with E-state index >= 15 is 0 Å². The third kappa shape index (κ3) is 1.88. The van der Waals surface area contributed by atoms with Gasteiger partial charge in [-0.15, -0.1) is 11.3 Å². The van der Waals surface area contributed by atoms with Gasteiger partial charge in [0.25, 0.3) is 0 Å². The van der Waals surface area contributed by atoms with Crippen LogP contribution in [0.3, 0.4) is 0 Å². The van der Waals surface area contributed by atoms with Crippen molar-refractivity contribution in [1.82, 2.24) is 15.0 Å². The van der Waals surface area contributed by atoms with E-state index in [1.807, 2.05) is 6.07 Å². The van der Waals surface area contributed by atoms with Gasteiger partial charge in [-0.3, -0.25) is 0 Å². The third-order valence-electron chi connectivity index (χ3n) is 2.27. The molecule has 0 saturated carbocycles. The molecule has 0 amide bonds. The van der Waals surface area contributed by atoms with Gasteiger partial charge in [0, 0.05) is 22.0 Å². The van der Waals surface area contributed by atoms with E-state index in [4.69, 9.17) is 0 Å². The number of imidazole rings is 1. The van der Waals surface area contributed by atoms with Gasteiger partial charge in [-0.2, -0.15) is 0 Å². The van der Waals surface area contributed by atoms with E-state index < -0.39 is 0 Å². The van der Waals surface area contributed by atoms with E-state index in [0.29, 0.717) is 0 Å². The number of halogens is 1. The molecular weight excluding hydrogens is 286 g/mol. The third-order valence-corrected chi connectivity index (χ3v) is 3.58. The molecule has 3 nitrogen and oxygen atoms in total. The number of rotatable bonds is 2. The number of H-pyrrole nitrogens is 1. The van der Waals surface area contributed by atoms with Crippen molar-refractivity contribution in [3.63, 3.8) is 0 Å². The molecule has 0 spiro atoms. The maximum atomic E-state index is 4.45. The number of aromatic nitrogens is 3. The Balaban J connectivity index is 1.99. The molecule has 0 fully saturated rings. The molecule has 3 aromatic rings. The van der Waals surface area contributed by atoms with E-state index in [0.717, 1.165) is 27.9 Å². The Bertz CT molecular complexity index is 615. The molecule has 0 aliphatic carbocycles. The zero-order valence-corrected chi connectivity index (χ0v) is 10.7. The molecule has 80 valence electrons. The summed E-state index contributed by atoms with van der Waals surface area (Å²) in [7, 11) is 0. The SMILES string of the molecule is Brc1cnc2nc(Cc3cccs3)[nH]c2c1. The van der Waals surface area contributed by atoms with Crippen LogP contribution < -0.4 is 0 Å². The van der Waals surface area contributed by atoms with Crippen molar-refractivity contribution >= 4 is 38.4 Å². The molecule has 0 bridgehead atoms. The summed E-state index contributed by atoms with van der Waals surface area (Å²) in [6.45, 7) is 0. The summed E-state index contributed by atoms with van der Waals surface area (Å²) in [5.41, 5.74) is 1.75. The largest absolute Gasteiger partial charge is 0.340 e. The number of hydrogen-bond donors (Lipinski definition) is 1. The van der Waals surface area contributed by atoms with Crippen LogP contribution in [0.25, 0.3) is 11.2 Å². The van der Waals surface area contributed by atoms with Crippen molar-refractivity contribution in [2.45, 2.75) is 6.42 Å². The molecule has 3 aromatic heterocycles. The number of pyridine rings is 1. The second-order valence-corrected chi connectivity index (χ2v) is 5.41. The van der Waals surface area contributed by atoms with E-state index in [9.17, 15) is 0 Å². The molecule has 0 unspecified atom stereocenters. The number of fused-ring (bicyclic) bond motifs is 1. The van der Waals surface area contributed by atoms with Crippen LogP contribution in [0, 0.1) is 0 Å². The first-order chi connectivity index (χ1) is 7.81. The molecule has 5 heteroatoms. The molecule has 0 aromatic carbocycles. The summed E-state index contributed by atoms with van der Waals surface area (Å²) < 4.78 is 0.964. The van der Waals surface area contributed by atoms with Gasteiger partial charge in [0.15, 0.2) is 5.65 Å². The predicted molar refractivity (Wildman–Crippen MR) is 68.7 cm³/mol. The Kier molecular flexibility index (Phi) is 2.49. The molecule has 0 radical (unpaired) electrons. The molecule has 0 aliphatic rings. The summed E-state index contributed by atoms with van der Waals surface area (Å²) in [4.78, 5) is 13.3. The molecule has 0 saturated heterocycles. The molecule has 16 heavy (non-hydrogen) atoms. The summed E-state index contributed by atoms with van der Waals surface area (Å²) >= 11 is 5.14. The first kappa shape index (κ1) is 9.99. The fourth-order valence-electron chi connectivity index (χ4n) is 1.59. The summed E-state index contributed by atoms with van der Waals surface area (Å²) in [6, 6.07) is 6.16. The first-order valence-corrected chi connectivity index (χ1v) is 6.51. The minimum atomic E-state index is 0.773. The van der Waals surface area contributed by atoms with Crippen LogP contribution in [-0.4, -0.2) is 15.0 Å². The van der Waals surface area contributed by atoms with Gasteiger partial charge in [0.05, 0.1) is 5.52 Å². The average molecular weight is 294 g/mol. The van der Waals surface area contributed by atoms with Crippen LogP contribution in [0.4, 0.5) is 0 Å². The van der Waals surface area contributed by atoms with Crippen LogP contribution >= 0.6 is 27.3 Å². The maximum absolute atomic E-state index is 4.45. The Morgan fingerprint density at radius 3 is 3.19 bits per heavy atom. The van der Waals surface area contributed by atoms with Gasteiger partial charge >= 0.3 is 0 Å². The Hall–Kier alpha value is -1.20. The zero-order chi connectivity index (χ0) is 11.0. The Labute approximate surface area is 105 Å². The van der Waals surface area contributed by atoms with E-state index in [-0.39, 0.29) is 0 Å². The first-order valence-electron chi connectivity index (χ1n) is 4.84. The van der Waals surface area contributed by atoms with Gasteiger partial charge < -0.3 is 4.98 Å². The zero-order valence-electron chi connectivity index (χ0n) is 8.27. The summed E-state index contributed by atoms with van der Waals surface area (Å²) in [5, 5.41) is 2.08. The van der Waals surface area contributed by atoms with Crippen molar-refractivity contribution in [1.29, 1.82) is 0 Å². The normalized spacial score (nSPS) is 11.1.